The van der Waals surface area contributed by atoms with Gasteiger partial charge in [-0.2, -0.15) is 0 Å². The molecule has 0 bridgehead atoms. The summed E-state index contributed by atoms with van der Waals surface area (Å²) in [4.78, 5) is 35.0. The van der Waals surface area contributed by atoms with Crippen molar-refractivity contribution in [2.75, 3.05) is 57.9 Å². The highest BCUT2D eigenvalue weighted by molar-refractivity contribution is 6.30. The number of pyridine rings is 1. The summed E-state index contributed by atoms with van der Waals surface area (Å²) in [5.74, 6) is 5.44. The second-order valence-corrected chi connectivity index (χ2v) is 9.79. The van der Waals surface area contributed by atoms with Crippen molar-refractivity contribution < 1.29 is 19.1 Å². The second kappa shape index (κ2) is 12.4. The summed E-state index contributed by atoms with van der Waals surface area (Å²) in [7, 11) is 1.79. The van der Waals surface area contributed by atoms with E-state index in [9.17, 15) is 9.59 Å². The van der Waals surface area contributed by atoms with Crippen LogP contribution in [0.4, 0.5) is 5.69 Å². The number of aryl methyl sites for hydroxylation is 1. The minimum atomic E-state index is -0.482. The molecule has 9 nitrogen and oxygen atoms in total. The number of rotatable bonds is 9. The third kappa shape index (κ3) is 6.35. The molecule has 1 aromatic heterocycles. The van der Waals surface area contributed by atoms with Gasteiger partial charge in [-0.15, -0.1) is 0 Å². The number of fused-ring (bicyclic) bond motifs is 1. The largest absolute Gasteiger partial charge is 0.477 e. The van der Waals surface area contributed by atoms with Gasteiger partial charge in [-0.05, 0) is 56.7 Å². The molecule has 1 aliphatic rings. The van der Waals surface area contributed by atoms with Crippen molar-refractivity contribution in [3.63, 3.8) is 0 Å². The molecule has 4 rings (SSSR count). The lowest BCUT2D eigenvalue weighted by atomic mass is 10.0. The molecule has 0 aliphatic carbocycles. The van der Waals surface area contributed by atoms with Crippen LogP contribution in [0.1, 0.15) is 39.6 Å². The smallest absolute Gasteiger partial charge is 0.345 e. The number of amides is 1. The van der Waals surface area contributed by atoms with Crippen LogP contribution in [0.15, 0.2) is 42.5 Å². The maximum Gasteiger partial charge on any atom is 0.345 e. The maximum absolute atomic E-state index is 13.3. The summed E-state index contributed by atoms with van der Waals surface area (Å²) in [5.41, 5.74) is 3.40. The first-order chi connectivity index (χ1) is 18.3. The number of halogens is 1. The molecular formula is C28H34ClN5O4. The topological polar surface area (TPSA) is 101 Å². The van der Waals surface area contributed by atoms with Crippen molar-refractivity contribution in [2.45, 2.75) is 20.3 Å². The molecule has 202 valence electrons. The first-order valence-electron chi connectivity index (χ1n) is 12.8. The average molecular weight is 540 g/mol. The van der Waals surface area contributed by atoms with E-state index in [2.05, 4.69) is 4.90 Å². The Labute approximate surface area is 228 Å². The van der Waals surface area contributed by atoms with Crippen LogP contribution in [0.3, 0.4) is 0 Å². The molecule has 1 fully saturated rings. The Kier molecular flexibility index (Phi) is 9.04. The normalized spacial score (nSPS) is 13.7. The highest BCUT2D eigenvalue weighted by Gasteiger charge is 2.30. The Balaban J connectivity index is 1.67. The van der Waals surface area contributed by atoms with E-state index in [0.717, 1.165) is 22.2 Å². The quantitative estimate of drug-likeness (QED) is 0.189. The Morgan fingerprint density at radius 1 is 1.11 bits per heavy atom. The predicted molar refractivity (Wildman–Crippen MR) is 149 cm³/mol. The van der Waals surface area contributed by atoms with Gasteiger partial charge in [0.05, 0.1) is 24.4 Å². The molecule has 0 radical (unpaired) electrons. The lowest BCUT2D eigenvalue weighted by Crippen LogP contribution is -2.49. The number of piperazine rings is 1. The number of carbonyl (C=O) groups excluding carboxylic acids is 2. The maximum atomic E-state index is 13.3. The van der Waals surface area contributed by atoms with E-state index < -0.39 is 5.97 Å². The van der Waals surface area contributed by atoms with E-state index in [0.29, 0.717) is 61.9 Å². The lowest BCUT2D eigenvalue weighted by Gasteiger charge is -2.37. The number of carbonyl (C=O) groups is 2. The highest BCUT2D eigenvalue weighted by atomic mass is 35.5. The van der Waals surface area contributed by atoms with Crippen molar-refractivity contribution in [3.8, 4) is 5.88 Å². The number of hydrogen-bond acceptors (Lipinski definition) is 8. The van der Waals surface area contributed by atoms with Crippen LogP contribution in [0.25, 0.3) is 10.9 Å². The van der Waals surface area contributed by atoms with Gasteiger partial charge in [0, 0.05) is 55.7 Å². The fourth-order valence-electron chi connectivity index (χ4n) is 4.55. The van der Waals surface area contributed by atoms with Crippen LogP contribution in [-0.4, -0.2) is 79.8 Å². The Bertz CT molecular complexity index is 1290. The predicted octanol–water partition coefficient (Wildman–Crippen LogP) is 3.91. The number of hydrogen-bond donors (Lipinski definition) is 1. The Morgan fingerprint density at radius 2 is 1.82 bits per heavy atom. The molecule has 2 aromatic carbocycles. The number of hydrazine groups is 1. The fraction of sp³-hybridized carbons (Fsp3) is 0.393. The van der Waals surface area contributed by atoms with Crippen LogP contribution in [0, 0.1) is 6.92 Å². The van der Waals surface area contributed by atoms with Crippen LogP contribution >= 0.6 is 11.6 Å². The Hall–Kier alpha value is -3.40. The molecule has 1 aliphatic heterocycles. The zero-order valence-electron chi connectivity index (χ0n) is 22.1. The summed E-state index contributed by atoms with van der Waals surface area (Å²) < 4.78 is 11.5. The molecule has 3 aromatic rings. The van der Waals surface area contributed by atoms with Gasteiger partial charge in [-0.3, -0.25) is 15.6 Å². The molecular weight excluding hydrogens is 506 g/mol. The summed E-state index contributed by atoms with van der Waals surface area (Å²) in [6, 6.07) is 12.9. The molecule has 0 unspecified atom stereocenters. The third-order valence-electron chi connectivity index (χ3n) is 6.43. The van der Waals surface area contributed by atoms with Gasteiger partial charge in [0.15, 0.2) is 0 Å². The Morgan fingerprint density at radius 3 is 2.47 bits per heavy atom. The highest BCUT2D eigenvalue weighted by Crippen LogP contribution is 2.37. The summed E-state index contributed by atoms with van der Waals surface area (Å²) in [5, 5.41) is 3.02. The molecule has 0 atom stereocenters. The molecule has 10 heteroatoms. The molecule has 2 N–H and O–H groups in total. The molecule has 2 heterocycles. The number of anilines is 1. The van der Waals surface area contributed by atoms with E-state index in [-0.39, 0.29) is 18.4 Å². The van der Waals surface area contributed by atoms with Gasteiger partial charge >= 0.3 is 5.97 Å². The summed E-state index contributed by atoms with van der Waals surface area (Å²) >= 11 is 5.98. The van der Waals surface area contributed by atoms with E-state index in [1.54, 1.807) is 43.2 Å². The first-order valence-corrected chi connectivity index (χ1v) is 13.2. The van der Waals surface area contributed by atoms with Crippen LogP contribution < -0.4 is 15.5 Å². The lowest BCUT2D eigenvalue weighted by molar-refractivity contribution is 0.0520. The van der Waals surface area contributed by atoms with Crippen molar-refractivity contribution in [2.24, 2.45) is 5.84 Å². The van der Waals surface area contributed by atoms with Crippen LogP contribution in [-0.2, 0) is 4.74 Å². The monoisotopic (exact) mass is 539 g/mol. The zero-order chi connectivity index (χ0) is 27.2. The summed E-state index contributed by atoms with van der Waals surface area (Å²) in [6.45, 7) is 7.06. The fourth-order valence-corrected chi connectivity index (χ4v) is 4.68. The standard InChI is InChI=1S/C28H34ClN5O4/c1-4-37-28(36)24-25(33-13-15-34(16-14-33)27(35)20-7-9-21(29)10-8-20)22-18-19(2)6-11-23(22)31-26(24)38-17-5-12-32(3)30/h6-11,18H,4-5,12-17,30H2,1-3H3. The van der Waals surface area contributed by atoms with Gasteiger partial charge in [-0.1, -0.05) is 23.2 Å². The number of aromatic nitrogens is 1. The first kappa shape index (κ1) is 27.6. The van der Waals surface area contributed by atoms with Crippen LogP contribution in [0.2, 0.25) is 5.02 Å². The van der Waals surface area contributed by atoms with Crippen molar-refractivity contribution in [1.82, 2.24) is 14.9 Å². The van der Waals surface area contributed by atoms with Gasteiger partial charge in [0.25, 0.3) is 5.91 Å². The molecule has 0 spiro atoms. The minimum Gasteiger partial charge on any atom is -0.477 e. The van der Waals surface area contributed by atoms with Crippen molar-refractivity contribution >= 4 is 40.1 Å². The SMILES string of the molecule is CCOC(=O)c1c(OCCCN(C)N)nc2ccc(C)cc2c1N1CCN(C(=O)c2ccc(Cl)cc2)CC1. The van der Waals surface area contributed by atoms with E-state index in [4.69, 9.17) is 31.9 Å². The van der Waals surface area contributed by atoms with Gasteiger partial charge in [-0.25, -0.2) is 9.78 Å². The van der Waals surface area contributed by atoms with Gasteiger partial charge < -0.3 is 19.3 Å². The molecule has 38 heavy (non-hydrogen) atoms. The molecule has 1 amide bonds. The molecule has 1 saturated heterocycles. The number of benzene rings is 2. The second-order valence-electron chi connectivity index (χ2n) is 9.35. The number of esters is 1. The number of nitrogens with two attached hydrogens (primary N) is 1. The zero-order valence-corrected chi connectivity index (χ0v) is 22.8. The van der Waals surface area contributed by atoms with E-state index in [1.807, 2.05) is 30.0 Å². The molecule has 0 saturated carbocycles. The number of ether oxygens (including phenoxy) is 2. The number of nitrogens with zero attached hydrogens (tertiary/aromatic N) is 4. The van der Waals surface area contributed by atoms with Gasteiger partial charge in [0.1, 0.15) is 5.56 Å². The van der Waals surface area contributed by atoms with Gasteiger partial charge in [0.2, 0.25) is 5.88 Å². The minimum absolute atomic E-state index is 0.0451. The average Bonchev–Trinajstić information content (AvgIpc) is 2.90. The van der Waals surface area contributed by atoms with Crippen LogP contribution in [0.5, 0.6) is 5.88 Å². The summed E-state index contributed by atoms with van der Waals surface area (Å²) in [6.07, 6.45) is 0.670. The van der Waals surface area contributed by atoms with Crippen molar-refractivity contribution in [3.05, 3.63) is 64.2 Å². The van der Waals surface area contributed by atoms with E-state index >= 15 is 0 Å². The van der Waals surface area contributed by atoms with Crippen molar-refractivity contribution in [1.29, 1.82) is 0 Å². The third-order valence-corrected chi connectivity index (χ3v) is 6.68. The van der Waals surface area contributed by atoms with E-state index in [1.165, 1.54) is 0 Å².